The fourth-order valence-electron chi connectivity index (χ4n) is 2.61. The van der Waals surface area contributed by atoms with Crippen LogP contribution in [0.15, 0.2) is 42.7 Å². The molecule has 0 fully saturated rings. The van der Waals surface area contributed by atoms with Crippen molar-refractivity contribution in [1.82, 2.24) is 20.0 Å². The number of aromatic nitrogens is 4. The number of hydrogen-bond donors (Lipinski definition) is 1. The number of hydrogen-bond acceptors (Lipinski definition) is 2. The lowest BCUT2D eigenvalue weighted by atomic mass is 9.91. The molecule has 4 heteroatoms. The minimum atomic E-state index is 0.546. The van der Waals surface area contributed by atoms with Gasteiger partial charge in [0.15, 0.2) is 0 Å². The summed E-state index contributed by atoms with van der Waals surface area (Å²) in [4.78, 5) is 3.52. The fourth-order valence-corrected chi connectivity index (χ4v) is 2.61. The van der Waals surface area contributed by atoms with Crippen LogP contribution in [0.4, 0.5) is 0 Å². The van der Waals surface area contributed by atoms with E-state index in [4.69, 9.17) is 0 Å². The molecular formula is C16H20N4. The number of aromatic amines is 1. The third-order valence-electron chi connectivity index (χ3n) is 3.90. The second-order valence-electron chi connectivity index (χ2n) is 5.72. The molecule has 0 aliphatic rings. The summed E-state index contributed by atoms with van der Waals surface area (Å²) in [6.45, 7) is 5.45. The van der Waals surface area contributed by atoms with Gasteiger partial charge in [0.25, 0.3) is 0 Å². The van der Waals surface area contributed by atoms with E-state index in [0.717, 1.165) is 13.0 Å². The first-order valence-electron chi connectivity index (χ1n) is 7.13. The topological polar surface area (TPSA) is 46.5 Å². The zero-order chi connectivity index (χ0) is 13.9. The van der Waals surface area contributed by atoms with Gasteiger partial charge in [0.2, 0.25) is 0 Å². The van der Waals surface area contributed by atoms with Crippen molar-refractivity contribution < 1.29 is 0 Å². The van der Waals surface area contributed by atoms with Gasteiger partial charge in [-0.3, -0.25) is 4.68 Å². The van der Waals surface area contributed by atoms with Gasteiger partial charge in [0, 0.05) is 24.0 Å². The highest BCUT2D eigenvalue weighted by atomic mass is 15.4. The van der Waals surface area contributed by atoms with Gasteiger partial charge in [-0.2, -0.15) is 0 Å². The van der Waals surface area contributed by atoms with Gasteiger partial charge in [-0.1, -0.05) is 37.3 Å². The quantitative estimate of drug-likeness (QED) is 0.772. The average Bonchev–Trinajstić information content (AvgIpc) is 3.05. The van der Waals surface area contributed by atoms with Gasteiger partial charge < -0.3 is 4.98 Å². The van der Waals surface area contributed by atoms with Crippen LogP contribution < -0.4 is 0 Å². The highest BCUT2D eigenvalue weighted by molar-refractivity contribution is 5.80. The Morgan fingerprint density at radius 1 is 1.25 bits per heavy atom. The van der Waals surface area contributed by atoms with Crippen LogP contribution in [-0.4, -0.2) is 20.0 Å². The van der Waals surface area contributed by atoms with Crippen molar-refractivity contribution in [1.29, 1.82) is 0 Å². The molecule has 20 heavy (non-hydrogen) atoms. The van der Waals surface area contributed by atoms with Gasteiger partial charge in [0.1, 0.15) is 0 Å². The molecule has 1 atom stereocenters. The van der Waals surface area contributed by atoms with E-state index < -0.39 is 0 Å². The van der Waals surface area contributed by atoms with Gasteiger partial charge >= 0.3 is 0 Å². The molecule has 0 bridgehead atoms. The average molecular weight is 268 g/mol. The first-order chi connectivity index (χ1) is 9.72. The van der Waals surface area contributed by atoms with E-state index in [9.17, 15) is 0 Å². The van der Waals surface area contributed by atoms with Crippen LogP contribution in [0.1, 0.15) is 19.5 Å². The molecule has 1 N–H and O–H groups in total. The Labute approximate surface area is 118 Å². The summed E-state index contributed by atoms with van der Waals surface area (Å²) in [6.07, 6.45) is 4.70. The molecule has 1 aromatic carbocycles. The van der Waals surface area contributed by atoms with Crippen molar-refractivity contribution in [3.8, 4) is 0 Å². The van der Waals surface area contributed by atoms with E-state index in [-0.39, 0.29) is 0 Å². The smallest absolute Gasteiger partial charge is 0.0692 e. The van der Waals surface area contributed by atoms with E-state index in [1.807, 2.05) is 10.9 Å². The lowest BCUT2D eigenvalue weighted by molar-refractivity contribution is 0.314. The van der Waals surface area contributed by atoms with Crippen LogP contribution in [0.2, 0.25) is 0 Å². The molecule has 0 saturated heterocycles. The number of fused-ring (bicyclic) bond motifs is 1. The molecule has 0 saturated carbocycles. The monoisotopic (exact) mass is 268 g/mol. The van der Waals surface area contributed by atoms with E-state index in [2.05, 4.69) is 59.5 Å². The van der Waals surface area contributed by atoms with Crippen molar-refractivity contribution >= 4 is 10.9 Å². The van der Waals surface area contributed by atoms with Crippen molar-refractivity contribution in [3.63, 3.8) is 0 Å². The van der Waals surface area contributed by atoms with Gasteiger partial charge in [-0.05, 0) is 35.8 Å². The third-order valence-corrected chi connectivity index (χ3v) is 3.90. The molecule has 0 spiro atoms. The third kappa shape index (κ3) is 2.74. The normalized spacial score (nSPS) is 13.2. The summed E-state index contributed by atoms with van der Waals surface area (Å²) < 4.78 is 1.92. The molecular weight excluding hydrogens is 248 g/mol. The number of H-pyrrole nitrogens is 1. The molecule has 0 radical (unpaired) electrons. The summed E-state index contributed by atoms with van der Waals surface area (Å²) in [7, 11) is 0. The highest BCUT2D eigenvalue weighted by Gasteiger charge is 2.16. The lowest BCUT2D eigenvalue weighted by Gasteiger charge is -2.19. The lowest BCUT2D eigenvalue weighted by Crippen LogP contribution is -2.19. The summed E-state index contributed by atoms with van der Waals surface area (Å²) in [5.74, 6) is 1.15. The number of benzene rings is 1. The number of nitrogens with zero attached hydrogens (tertiary/aromatic N) is 3. The maximum Gasteiger partial charge on any atom is 0.0692 e. The zero-order valence-corrected chi connectivity index (χ0v) is 12.0. The second-order valence-corrected chi connectivity index (χ2v) is 5.72. The van der Waals surface area contributed by atoms with Crippen LogP contribution in [-0.2, 0) is 13.0 Å². The molecule has 0 aliphatic carbocycles. The Morgan fingerprint density at radius 2 is 2.10 bits per heavy atom. The molecule has 2 heterocycles. The highest BCUT2D eigenvalue weighted by Crippen LogP contribution is 2.22. The summed E-state index contributed by atoms with van der Waals surface area (Å²) in [5, 5.41) is 9.24. The van der Waals surface area contributed by atoms with Crippen molar-refractivity contribution in [2.45, 2.75) is 26.8 Å². The van der Waals surface area contributed by atoms with E-state index >= 15 is 0 Å². The SMILES string of the molecule is CC(C)C(Cc1cc2ccccc2[nH]1)Cn1ccnn1. The maximum absolute atomic E-state index is 4.08. The van der Waals surface area contributed by atoms with Crippen LogP contribution in [0.3, 0.4) is 0 Å². The van der Waals surface area contributed by atoms with Crippen molar-refractivity contribution in [2.75, 3.05) is 0 Å². The predicted octanol–water partition coefficient (Wildman–Crippen LogP) is 3.27. The number of nitrogens with one attached hydrogen (secondary N) is 1. The molecule has 0 aliphatic heterocycles. The Kier molecular flexibility index (Phi) is 3.54. The van der Waals surface area contributed by atoms with E-state index in [0.29, 0.717) is 11.8 Å². The zero-order valence-electron chi connectivity index (χ0n) is 12.0. The standard InChI is InChI=1S/C16H20N4/c1-12(2)14(11-20-8-7-17-19-20)10-15-9-13-5-3-4-6-16(13)18-15/h3-9,12,14,18H,10-11H2,1-2H3. The maximum atomic E-state index is 4.08. The minimum Gasteiger partial charge on any atom is -0.358 e. The minimum absolute atomic E-state index is 0.546. The molecule has 1 unspecified atom stereocenters. The molecule has 3 rings (SSSR count). The summed E-state index contributed by atoms with van der Waals surface area (Å²) in [6, 6.07) is 10.7. The fraction of sp³-hybridized carbons (Fsp3) is 0.375. The molecule has 0 amide bonds. The van der Waals surface area contributed by atoms with E-state index in [1.165, 1.54) is 16.6 Å². The van der Waals surface area contributed by atoms with Crippen LogP contribution in [0.25, 0.3) is 10.9 Å². The molecule has 104 valence electrons. The first-order valence-corrected chi connectivity index (χ1v) is 7.13. The molecule has 2 aromatic heterocycles. The van der Waals surface area contributed by atoms with Crippen LogP contribution >= 0.6 is 0 Å². The van der Waals surface area contributed by atoms with Crippen molar-refractivity contribution in [2.24, 2.45) is 11.8 Å². The predicted molar refractivity (Wildman–Crippen MR) is 80.4 cm³/mol. The Balaban J connectivity index is 1.78. The molecule has 4 nitrogen and oxygen atoms in total. The summed E-state index contributed by atoms with van der Waals surface area (Å²) in [5.41, 5.74) is 2.51. The van der Waals surface area contributed by atoms with Gasteiger partial charge in [0.05, 0.1) is 6.20 Å². The second kappa shape index (κ2) is 5.49. The Hall–Kier alpha value is -2.10. The first kappa shape index (κ1) is 12.9. The van der Waals surface area contributed by atoms with E-state index in [1.54, 1.807) is 6.20 Å². The Morgan fingerprint density at radius 3 is 2.80 bits per heavy atom. The largest absolute Gasteiger partial charge is 0.358 e. The van der Waals surface area contributed by atoms with Crippen LogP contribution in [0, 0.1) is 11.8 Å². The summed E-state index contributed by atoms with van der Waals surface area (Å²) >= 11 is 0. The van der Waals surface area contributed by atoms with Crippen LogP contribution in [0.5, 0.6) is 0 Å². The number of para-hydroxylation sites is 1. The van der Waals surface area contributed by atoms with Gasteiger partial charge in [-0.25, -0.2) is 0 Å². The Bertz CT molecular complexity index is 634. The van der Waals surface area contributed by atoms with Crippen molar-refractivity contribution in [3.05, 3.63) is 48.4 Å². The van der Waals surface area contributed by atoms with Gasteiger partial charge in [-0.15, -0.1) is 5.10 Å². The number of rotatable bonds is 5. The molecule has 3 aromatic rings.